The minimum Gasteiger partial charge on any atom is -0.450 e. The zero-order valence-electron chi connectivity index (χ0n) is 17.9. The fourth-order valence-electron chi connectivity index (χ4n) is 4.17. The lowest BCUT2D eigenvalue weighted by Crippen LogP contribution is -2.69. The molecule has 6 heteroatoms. The van der Waals surface area contributed by atoms with Crippen molar-refractivity contribution in [3.8, 4) is 0 Å². The van der Waals surface area contributed by atoms with Crippen molar-refractivity contribution in [2.45, 2.75) is 109 Å². The molecule has 28 heavy (non-hydrogen) atoms. The van der Waals surface area contributed by atoms with Crippen molar-refractivity contribution in [1.29, 1.82) is 0 Å². The van der Waals surface area contributed by atoms with Gasteiger partial charge in [-0.05, 0) is 32.1 Å². The molecule has 6 nitrogen and oxygen atoms in total. The second kappa shape index (κ2) is 13.0. The Morgan fingerprint density at radius 1 is 1.04 bits per heavy atom. The summed E-state index contributed by atoms with van der Waals surface area (Å²) in [4.78, 5) is 29.6. The Kier molecular flexibility index (Phi) is 10.7. The highest BCUT2D eigenvalue weighted by molar-refractivity contribution is 5.91. The third-order valence-electron chi connectivity index (χ3n) is 6.05. The molecule has 0 unspecified atom stereocenters. The van der Waals surface area contributed by atoms with Crippen LogP contribution in [0.3, 0.4) is 0 Å². The Morgan fingerprint density at radius 3 is 2.46 bits per heavy atom. The first-order valence-electron chi connectivity index (χ1n) is 11.5. The van der Waals surface area contributed by atoms with Gasteiger partial charge in [0, 0.05) is 0 Å². The van der Waals surface area contributed by atoms with Gasteiger partial charge in [0.1, 0.15) is 6.04 Å². The van der Waals surface area contributed by atoms with E-state index in [0.717, 1.165) is 31.6 Å². The van der Waals surface area contributed by atoms with Gasteiger partial charge in [0.2, 0.25) is 0 Å². The molecule has 2 amide bonds. The van der Waals surface area contributed by atoms with Gasteiger partial charge in [-0.25, -0.2) is 9.86 Å². The van der Waals surface area contributed by atoms with Gasteiger partial charge in [-0.15, -0.1) is 0 Å². The summed E-state index contributed by atoms with van der Waals surface area (Å²) >= 11 is 0. The number of β-lactam (4-membered cyclic amide) rings is 1. The molecule has 1 saturated carbocycles. The Morgan fingerprint density at radius 2 is 1.75 bits per heavy atom. The van der Waals surface area contributed by atoms with Crippen LogP contribution < -0.4 is 5.32 Å². The third-order valence-corrected chi connectivity index (χ3v) is 6.05. The highest BCUT2D eigenvalue weighted by Crippen LogP contribution is 2.27. The van der Waals surface area contributed by atoms with Crippen molar-refractivity contribution in [1.82, 2.24) is 10.4 Å². The molecule has 1 aliphatic heterocycles. The molecule has 0 aromatic carbocycles. The number of ether oxygens (including phenoxy) is 1. The van der Waals surface area contributed by atoms with Crippen molar-refractivity contribution in [2.75, 3.05) is 13.2 Å². The number of hydrogen-bond donors (Lipinski definition) is 1. The maximum absolute atomic E-state index is 12.2. The van der Waals surface area contributed by atoms with Gasteiger partial charge in [0.25, 0.3) is 5.91 Å². The molecule has 0 aromatic rings. The maximum Gasteiger partial charge on any atom is 0.407 e. The Bertz CT molecular complexity index is 465. The molecule has 0 bridgehead atoms. The fraction of sp³-hybridized carbons (Fsp3) is 0.909. The van der Waals surface area contributed by atoms with Crippen LogP contribution >= 0.6 is 0 Å². The largest absolute Gasteiger partial charge is 0.450 e. The Hall–Kier alpha value is -1.30. The van der Waals surface area contributed by atoms with Gasteiger partial charge < -0.3 is 10.1 Å². The van der Waals surface area contributed by atoms with Gasteiger partial charge in [0.05, 0.1) is 19.3 Å². The molecule has 1 N–H and O–H groups in total. The highest BCUT2D eigenvalue weighted by Gasteiger charge is 2.47. The van der Waals surface area contributed by atoms with E-state index in [1.165, 1.54) is 62.9 Å². The molecule has 2 aliphatic rings. The third kappa shape index (κ3) is 7.61. The van der Waals surface area contributed by atoms with Gasteiger partial charge in [0.15, 0.2) is 0 Å². The van der Waals surface area contributed by atoms with Crippen LogP contribution in [0, 0.1) is 5.92 Å². The normalized spacial score (nSPS) is 22.8. The van der Waals surface area contributed by atoms with Crippen molar-refractivity contribution in [2.24, 2.45) is 5.92 Å². The fourth-order valence-corrected chi connectivity index (χ4v) is 4.17. The molecule has 0 aromatic heterocycles. The smallest absolute Gasteiger partial charge is 0.407 e. The van der Waals surface area contributed by atoms with Crippen LogP contribution in [0.1, 0.15) is 97.3 Å². The monoisotopic (exact) mass is 396 g/mol. The summed E-state index contributed by atoms with van der Waals surface area (Å²) in [5.74, 6) is 0.684. The van der Waals surface area contributed by atoms with Gasteiger partial charge in [-0.2, -0.15) is 0 Å². The van der Waals surface area contributed by atoms with E-state index in [9.17, 15) is 9.59 Å². The number of rotatable bonds is 13. The molecule has 2 fully saturated rings. The summed E-state index contributed by atoms with van der Waals surface area (Å²) in [5.41, 5.74) is 0. The second-order valence-corrected chi connectivity index (χ2v) is 8.41. The first-order valence-corrected chi connectivity index (χ1v) is 11.5. The van der Waals surface area contributed by atoms with E-state index >= 15 is 0 Å². The van der Waals surface area contributed by atoms with Gasteiger partial charge >= 0.3 is 6.09 Å². The lowest BCUT2D eigenvalue weighted by molar-refractivity contribution is -0.232. The summed E-state index contributed by atoms with van der Waals surface area (Å²) in [7, 11) is 0. The van der Waals surface area contributed by atoms with Crippen LogP contribution in [-0.2, 0) is 14.4 Å². The SMILES string of the molecule is CCCCCCCON1C(=O)[C@@H](NC(=O)OCCCCC2CCCCC2)[C@@H]1C. The molecule has 0 radical (unpaired) electrons. The first kappa shape index (κ1) is 23.0. The summed E-state index contributed by atoms with van der Waals surface area (Å²) in [6.07, 6.45) is 15.3. The molecule has 2 rings (SSSR count). The predicted molar refractivity (Wildman–Crippen MR) is 110 cm³/mol. The van der Waals surface area contributed by atoms with Crippen molar-refractivity contribution >= 4 is 12.0 Å². The van der Waals surface area contributed by atoms with Crippen LogP contribution in [0.4, 0.5) is 4.79 Å². The standard InChI is InChI=1S/C22H40N2O4/c1-3-4-5-6-11-17-28-24-18(2)20(21(24)25)23-22(26)27-16-12-10-15-19-13-8-7-9-14-19/h18-20H,3-17H2,1-2H3,(H,23,26)/t18-,20-/m0/s1. The maximum atomic E-state index is 12.2. The number of amides is 2. The minimum absolute atomic E-state index is 0.151. The predicted octanol–water partition coefficient (Wildman–Crippen LogP) is 4.96. The highest BCUT2D eigenvalue weighted by atomic mass is 16.7. The summed E-state index contributed by atoms with van der Waals surface area (Å²) in [6.45, 7) is 5.05. The zero-order chi connectivity index (χ0) is 20.2. The quantitative estimate of drug-likeness (QED) is 0.353. The molecule has 2 atom stereocenters. The number of hydrogen-bond acceptors (Lipinski definition) is 4. The summed E-state index contributed by atoms with van der Waals surface area (Å²) in [6, 6.07) is -0.683. The Balaban J connectivity index is 1.49. The average molecular weight is 397 g/mol. The lowest BCUT2D eigenvalue weighted by Gasteiger charge is -2.43. The molecule has 0 spiro atoms. The van der Waals surface area contributed by atoms with E-state index in [-0.39, 0.29) is 11.9 Å². The van der Waals surface area contributed by atoms with Crippen LogP contribution in [0.15, 0.2) is 0 Å². The molecule has 1 saturated heterocycles. The van der Waals surface area contributed by atoms with E-state index < -0.39 is 12.1 Å². The van der Waals surface area contributed by atoms with E-state index in [0.29, 0.717) is 13.2 Å². The number of carbonyl (C=O) groups excluding carboxylic acids is 2. The number of nitrogens with zero attached hydrogens (tertiary/aromatic N) is 1. The molecule has 1 heterocycles. The van der Waals surface area contributed by atoms with E-state index in [2.05, 4.69) is 12.2 Å². The van der Waals surface area contributed by atoms with Crippen LogP contribution in [-0.4, -0.2) is 42.4 Å². The van der Waals surface area contributed by atoms with Crippen LogP contribution in [0.25, 0.3) is 0 Å². The second-order valence-electron chi connectivity index (χ2n) is 8.41. The lowest BCUT2D eigenvalue weighted by atomic mass is 9.86. The summed E-state index contributed by atoms with van der Waals surface area (Å²) < 4.78 is 5.24. The molecular weight excluding hydrogens is 356 g/mol. The van der Waals surface area contributed by atoms with Gasteiger partial charge in [-0.1, -0.05) is 71.1 Å². The van der Waals surface area contributed by atoms with Crippen molar-refractivity contribution < 1.29 is 19.2 Å². The van der Waals surface area contributed by atoms with Crippen LogP contribution in [0.2, 0.25) is 0 Å². The topological polar surface area (TPSA) is 67.9 Å². The minimum atomic E-state index is -0.533. The summed E-state index contributed by atoms with van der Waals surface area (Å²) in [5, 5.41) is 4.06. The van der Waals surface area contributed by atoms with E-state index in [4.69, 9.17) is 9.57 Å². The average Bonchev–Trinajstić information content (AvgIpc) is 2.71. The van der Waals surface area contributed by atoms with Gasteiger partial charge in [-0.3, -0.25) is 9.63 Å². The zero-order valence-corrected chi connectivity index (χ0v) is 17.9. The van der Waals surface area contributed by atoms with E-state index in [1.54, 1.807) is 0 Å². The Labute approximate surface area is 170 Å². The number of hydroxylamine groups is 2. The number of alkyl carbamates (subject to hydrolysis) is 1. The first-order chi connectivity index (χ1) is 13.6. The van der Waals surface area contributed by atoms with Crippen LogP contribution in [0.5, 0.6) is 0 Å². The molecule has 1 aliphatic carbocycles. The number of nitrogens with one attached hydrogen (secondary N) is 1. The molecule has 162 valence electrons. The number of unbranched alkanes of at least 4 members (excludes halogenated alkanes) is 5. The van der Waals surface area contributed by atoms with E-state index in [1.807, 2.05) is 6.92 Å². The molecular formula is C22H40N2O4. The van der Waals surface area contributed by atoms with Crippen molar-refractivity contribution in [3.05, 3.63) is 0 Å². The number of carbonyl (C=O) groups is 2. The van der Waals surface area contributed by atoms with Crippen molar-refractivity contribution in [3.63, 3.8) is 0 Å².